The molecule has 154 valence electrons. The first-order valence-corrected chi connectivity index (χ1v) is 9.70. The molecule has 1 aliphatic rings. The van der Waals surface area contributed by atoms with E-state index in [0.29, 0.717) is 43.3 Å². The van der Waals surface area contributed by atoms with Crippen molar-refractivity contribution in [2.75, 3.05) is 26.4 Å². The Morgan fingerprint density at radius 1 is 1.07 bits per heavy atom. The lowest BCUT2D eigenvalue weighted by atomic mass is 10.0. The quantitative estimate of drug-likeness (QED) is 0.686. The number of esters is 1. The van der Waals surface area contributed by atoms with Crippen molar-refractivity contribution in [3.05, 3.63) is 53.6 Å². The summed E-state index contributed by atoms with van der Waals surface area (Å²) in [7, 11) is 0. The predicted octanol–water partition coefficient (Wildman–Crippen LogP) is 3.28. The summed E-state index contributed by atoms with van der Waals surface area (Å²) in [5.74, 6) is 0.820. The van der Waals surface area contributed by atoms with Gasteiger partial charge >= 0.3 is 5.97 Å². The molecule has 0 radical (unpaired) electrons. The summed E-state index contributed by atoms with van der Waals surface area (Å²) < 4.78 is 21.8. The first-order chi connectivity index (χ1) is 14.1. The molecule has 3 rings (SSSR count). The van der Waals surface area contributed by atoms with Gasteiger partial charge < -0.3 is 24.3 Å². The highest BCUT2D eigenvalue weighted by Crippen LogP contribution is 2.31. The summed E-state index contributed by atoms with van der Waals surface area (Å²) in [4.78, 5) is 24.6. The summed E-state index contributed by atoms with van der Waals surface area (Å²) >= 11 is 0. The van der Waals surface area contributed by atoms with Gasteiger partial charge in [-0.1, -0.05) is 18.2 Å². The molecule has 0 saturated heterocycles. The van der Waals surface area contributed by atoms with E-state index < -0.39 is 5.97 Å². The molecule has 7 nitrogen and oxygen atoms in total. The van der Waals surface area contributed by atoms with E-state index in [1.54, 1.807) is 18.2 Å². The molecule has 1 N–H and O–H groups in total. The number of fused-ring (bicyclic) bond motifs is 1. The van der Waals surface area contributed by atoms with E-state index in [1.807, 2.05) is 38.1 Å². The van der Waals surface area contributed by atoms with Crippen LogP contribution in [0.2, 0.25) is 0 Å². The van der Waals surface area contributed by atoms with E-state index in [4.69, 9.17) is 18.9 Å². The van der Waals surface area contributed by atoms with Crippen LogP contribution in [0.25, 0.3) is 0 Å². The fourth-order valence-electron chi connectivity index (χ4n) is 3.12. The fourth-order valence-corrected chi connectivity index (χ4v) is 3.12. The molecular weight excluding hydrogens is 374 g/mol. The lowest BCUT2D eigenvalue weighted by Gasteiger charge is -2.26. The molecule has 1 aliphatic heterocycles. The molecule has 7 heteroatoms. The number of hydrogen-bond donors (Lipinski definition) is 1. The van der Waals surface area contributed by atoms with Crippen LogP contribution in [0.15, 0.2) is 42.5 Å². The molecule has 0 spiro atoms. The van der Waals surface area contributed by atoms with Gasteiger partial charge in [-0.25, -0.2) is 4.79 Å². The summed E-state index contributed by atoms with van der Waals surface area (Å²) in [6.07, 6.45) is 0.660. The standard InChI is InChI=1S/C22H25NO6/c1-3-26-19-10-9-15(13-20(19)27-4-2)22(25)29-14-21(24)23-17-11-12-28-18-8-6-5-7-16(17)18/h5-10,13,17H,3-4,11-12,14H2,1-2H3,(H,23,24). The minimum Gasteiger partial charge on any atom is -0.493 e. The van der Waals surface area contributed by atoms with Crippen LogP contribution in [0, 0.1) is 0 Å². The van der Waals surface area contributed by atoms with Crippen molar-refractivity contribution in [2.24, 2.45) is 0 Å². The van der Waals surface area contributed by atoms with E-state index >= 15 is 0 Å². The average Bonchev–Trinajstić information content (AvgIpc) is 2.74. The molecular formula is C22H25NO6. The second-order valence-electron chi connectivity index (χ2n) is 6.40. The zero-order chi connectivity index (χ0) is 20.6. The molecule has 1 heterocycles. The van der Waals surface area contributed by atoms with Crippen LogP contribution >= 0.6 is 0 Å². The number of benzene rings is 2. The molecule has 0 aliphatic carbocycles. The number of para-hydroxylation sites is 1. The maximum Gasteiger partial charge on any atom is 0.338 e. The molecule has 2 aromatic carbocycles. The molecule has 1 amide bonds. The zero-order valence-corrected chi connectivity index (χ0v) is 16.6. The number of carbonyl (C=O) groups is 2. The number of nitrogens with one attached hydrogen (secondary N) is 1. The largest absolute Gasteiger partial charge is 0.493 e. The number of hydrogen-bond acceptors (Lipinski definition) is 6. The van der Waals surface area contributed by atoms with Crippen LogP contribution in [0.5, 0.6) is 17.2 Å². The summed E-state index contributed by atoms with van der Waals surface area (Å²) in [6, 6.07) is 12.2. The second-order valence-corrected chi connectivity index (χ2v) is 6.40. The smallest absolute Gasteiger partial charge is 0.338 e. The van der Waals surface area contributed by atoms with E-state index in [9.17, 15) is 9.59 Å². The van der Waals surface area contributed by atoms with Crippen molar-refractivity contribution in [1.82, 2.24) is 5.32 Å². The minimum atomic E-state index is -0.600. The Morgan fingerprint density at radius 3 is 2.62 bits per heavy atom. The zero-order valence-electron chi connectivity index (χ0n) is 16.6. The Balaban J connectivity index is 1.58. The van der Waals surface area contributed by atoms with Gasteiger partial charge in [0.25, 0.3) is 5.91 Å². The topological polar surface area (TPSA) is 83.1 Å². The third-order valence-electron chi connectivity index (χ3n) is 4.41. The monoisotopic (exact) mass is 399 g/mol. The maximum atomic E-state index is 12.3. The maximum absolute atomic E-state index is 12.3. The molecule has 1 atom stereocenters. The van der Waals surface area contributed by atoms with Gasteiger partial charge in [0.2, 0.25) is 0 Å². The van der Waals surface area contributed by atoms with Gasteiger partial charge in [0.05, 0.1) is 31.4 Å². The van der Waals surface area contributed by atoms with E-state index in [-0.39, 0.29) is 18.6 Å². The van der Waals surface area contributed by atoms with E-state index in [1.165, 1.54) is 0 Å². The Bertz CT molecular complexity index is 866. The van der Waals surface area contributed by atoms with Crippen molar-refractivity contribution >= 4 is 11.9 Å². The van der Waals surface area contributed by atoms with Gasteiger partial charge in [-0.15, -0.1) is 0 Å². The lowest BCUT2D eigenvalue weighted by Crippen LogP contribution is -2.35. The highest BCUT2D eigenvalue weighted by molar-refractivity contribution is 5.92. The number of ether oxygens (including phenoxy) is 4. The summed E-state index contributed by atoms with van der Waals surface area (Å²) in [6.45, 7) is 4.80. The van der Waals surface area contributed by atoms with Crippen LogP contribution in [0.4, 0.5) is 0 Å². The molecule has 2 aromatic rings. The first kappa shape index (κ1) is 20.5. The Morgan fingerprint density at radius 2 is 1.83 bits per heavy atom. The summed E-state index contributed by atoms with van der Waals surface area (Å²) in [5, 5.41) is 2.90. The van der Waals surface area contributed by atoms with Crippen LogP contribution in [-0.4, -0.2) is 38.3 Å². The average molecular weight is 399 g/mol. The Hall–Kier alpha value is -3.22. The molecule has 29 heavy (non-hydrogen) atoms. The van der Waals surface area contributed by atoms with Gasteiger partial charge in [0.1, 0.15) is 5.75 Å². The van der Waals surface area contributed by atoms with Crippen LogP contribution in [0.1, 0.15) is 42.2 Å². The van der Waals surface area contributed by atoms with Crippen molar-refractivity contribution in [3.8, 4) is 17.2 Å². The third kappa shape index (κ3) is 5.19. The molecule has 0 aromatic heterocycles. The fraction of sp³-hybridized carbons (Fsp3) is 0.364. The Labute approximate surface area is 169 Å². The minimum absolute atomic E-state index is 0.166. The normalized spacial score (nSPS) is 14.9. The highest BCUT2D eigenvalue weighted by Gasteiger charge is 2.23. The number of carbonyl (C=O) groups excluding carboxylic acids is 2. The van der Waals surface area contributed by atoms with Crippen molar-refractivity contribution < 1.29 is 28.5 Å². The van der Waals surface area contributed by atoms with Crippen molar-refractivity contribution in [3.63, 3.8) is 0 Å². The van der Waals surface area contributed by atoms with Gasteiger partial charge in [-0.3, -0.25) is 4.79 Å². The number of rotatable bonds is 8. The van der Waals surface area contributed by atoms with Crippen molar-refractivity contribution in [1.29, 1.82) is 0 Å². The third-order valence-corrected chi connectivity index (χ3v) is 4.41. The molecule has 1 unspecified atom stereocenters. The second kappa shape index (κ2) is 9.82. The summed E-state index contributed by atoms with van der Waals surface area (Å²) in [5.41, 5.74) is 1.22. The number of amides is 1. The first-order valence-electron chi connectivity index (χ1n) is 9.70. The molecule has 0 saturated carbocycles. The highest BCUT2D eigenvalue weighted by atomic mass is 16.5. The van der Waals surface area contributed by atoms with E-state index in [0.717, 1.165) is 11.3 Å². The van der Waals surface area contributed by atoms with Gasteiger partial charge in [0, 0.05) is 12.0 Å². The molecule has 0 fully saturated rings. The van der Waals surface area contributed by atoms with Crippen LogP contribution < -0.4 is 19.5 Å². The SMILES string of the molecule is CCOc1ccc(C(=O)OCC(=O)NC2CCOc3ccccc32)cc1OCC. The van der Waals surface area contributed by atoms with Crippen LogP contribution in [-0.2, 0) is 9.53 Å². The molecule has 0 bridgehead atoms. The predicted molar refractivity (Wildman–Crippen MR) is 107 cm³/mol. The van der Waals surface area contributed by atoms with Crippen molar-refractivity contribution in [2.45, 2.75) is 26.3 Å². The van der Waals surface area contributed by atoms with Gasteiger partial charge in [-0.05, 0) is 38.1 Å². The van der Waals surface area contributed by atoms with Gasteiger partial charge in [-0.2, -0.15) is 0 Å². The lowest BCUT2D eigenvalue weighted by molar-refractivity contribution is -0.125. The Kier molecular flexibility index (Phi) is 6.94. The van der Waals surface area contributed by atoms with Gasteiger partial charge in [0.15, 0.2) is 18.1 Å². The van der Waals surface area contributed by atoms with Crippen LogP contribution in [0.3, 0.4) is 0 Å². The van der Waals surface area contributed by atoms with E-state index in [2.05, 4.69) is 5.32 Å².